The summed E-state index contributed by atoms with van der Waals surface area (Å²) in [5.74, 6) is 1.14. The van der Waals surface area contributed by atoms with Gasteiger partial charge in [0.25, 0.3) is 5.91 Å². The third-order valence-electron chi connectivity index (χ3n) is 4.59. The van der Waals surface area contributed by atoms with Crippen molar-refractivity contribution in [3.8, 4) is 0 Å². The van der Waals surface area contributed by atoms with Crippen LogP contribution in [0.4, 0.5) is 0 Å². The molecule has 2 heterocycles. The van der Waals surface area contributed by atoms with Crippen LogP contribution < -0.4 is 5.14 Å². The molecule has 7 nitrogen and oxygen atoms in total. The highest BCUT2D eigenvalue weighted by Crippen LogP contribution is 2.27. The van der Waals surface area contributed by atoms with E-state index in [1.165, 1.54) is 24.3 Å². The van der Waals surface area contributed by atoms with Crippen molar-refractivity contribution in [1.29, 1.82) is 0 Å². The number of carbonyl (C=O) groups excluding carboxylic acids is 1. The lowest BCUT2D eigenvalue weighted by molar-refractivity contribution is 0.0703. The summed E-state index contributed by atoms with van der Waals surface area (Å²) >= 11 is 0. The molecule has 0 bridgehead atoms. The first-order valence-electron chi connectivity index (χ1n) is 8.33. The van der Waals surface area contributed by atoms with E-state index in [0.29, 0.717) is 18.7 Å². The van der Waals surface area contributed by atoms with Crippen LogP contribution >= 0.6 is 0 Å². The Morgan fingerprint density at radius 1 is 1.32 bits per heavy atom. The molecule has 0 saturated carbocycles. The number of piperidine rings is 1. The number of likely N-dealkylation sites (tertiary alicyclic amines) is 1. The number of nitrogens with zero attached hydrogens (tertiary/aromatic N) is 3. The molecule has 8 heteroatoms. The molecule has 1 saturated heterocycles. The highest BCUT2D eigenvalue weighted by atomic mass is 32.2. The van der Waals surface area contributed by atoms with Crippen molar-refractivity contribution in [3.05, 3.63) is 48.0 Å². The number of imidazole rings is 1. The summed E-state index contributed by atoms with van der Waals surface area (Å²) in [6, 6.07) is 5.76. The smallest absolute Gasteiger partial charge is 0.253 e. The third-order valence-corrected chi connectivity index (χ3v) is 5.52. The van der Waals surface area contributed by atoms with Crippen LogP contribution in [-0.4, -0.2) is 41.9 Å². The fraction of sp³-hybridized carbons (Fsp3) is 0.412. The van der Waals surface area contributed by atoms with Crippen molar-refractivity contribution in [2.75, 3.05) is 13.1 Å². The molecule has 1 atom stereocenters. The van der Waals surface area contributed by atoms with Crippen LogP contribution in [0.5, 0.6) is 0 Å². The van der Waals surface area contributed by atoms with Gasteiger partial charge in [-0.1, -0.05) is 0 Å². The molecule has 2 aromatic rings. The van der Waals surface area contributed by atoms with E-state index in [1.54, 1.807) is 6.20 Å². The second-order valence-electron chi connectivity index (χ2n) is 6.23. The fourth-order valence-corrected chi connectivity index (χ4v) is 3.81. The molecule has 134 valence electrons. The van der Waals surface area contributed by atoms with Gasteiger partial charge in [0.05, 0.1) is 4.90 Å². The van der Waals surface area contributed by atoms with Gasteiger partial charge in [0.15, 0.2) is 0 Å². The summed E-state index contributed by atoms with van der Waals surface area (Å²) in [7, 11) is -3.75. The Bertz CT molecular complexity index is 858. The lowest BCUT2D eigenvalue weighted by Crippen LogP contribution is -2.39. The van der Waals surface area contributed by atoms with E-state index in [1.807, 2.05) is 11.1 Å². The molecular formula is C17H22N4O3S. The van der Waals surface area contributed by atoms with E-state index in [9.17, 15) is 13.2 Å². The normalized spacial score (nSPS) is 18.3. The van der Waals surface area contributed by atoms with E-state index in [4.69, 9.17) is 5.14 Å². The largest absolute Gasteiger partial charge is 0.338 e. The summed E-state index contributed by atoms with van der Waals surface area (Å²) in [6.45, 7) is 4.24. The van der Waals surface area contributed by atoms with Gasteiger partial charge in [-0.05, 0) is 44.0 Å². The molecule has 0 unspecified atom stereocenters. The van der Waals surface area contributed by atoms with Gasteiger partial charge >= 0.3 is 0 Å². The fourth-order valence-electron chi connectivity index (χ4n) is 3.29. The molecule has 1 aromatic heterocycles. The van der Waals surface area contributed by atoms with Crippen molar-refractivity contribution in [3.63, 3.8) is 0 Å². The maximum Gasteiger partial charge on any atom is 0.253 e. The van der Waals surface area contributed by atoms with Gasteiger partial charge < -0.3 is 9.47 Å². The van der Waals surface area contributed by atoms with Gasteiger partial charge in [0.1, 0.15) is 5.82 Å². The summed E-state index contributed by atoms with van der Waals surface area (Å²) in [4.78, 5) is 19.0. The molecule has 2 N–H and O–H groups in total. The Kier molecular flexibility index (Phi) is 4.91. The Hall–Kier alpha value is -2.19. The van der Waals surface area contributed by atoms with E-state index >= 15 is 0 Å². The minimum absolute atomic E-state index is 0.00513. The summed E-state index contributed by atoms with van der Waals surface area (Å²) in [5.41, 5.74) is 0.465. The number of primary sulfonamides is 1. The quantitative estimate of drug-likeness (QED) is 0.892. The maximum atomic E-state index is 12.7. The average Bonchev–Trinajstić information content (AvgIpc) is 3.09. The number of carbonyl (C=O) groups is 1. The summed E-state index contributed by atoms with van der Waals surface area (Å²) < 4.78 is 24.8. The van der Waals surface area contributed by atoms with Crippen molar-refractivity contribution >= 4 is 15.9 Å². The predicted molar refractivity (Wildman–Crippen MR) is 93.6 cm³/mol. The minimum Gasteiger partial charge on any atom is -0.338 e. The number of hydrogen-bond acceptors (Lipinski definition) is 4. The van der Waals surface area contributed by atoms with Crippen LogP contribution in [0.3, 0.4) is 0 Å². The van der Waals surface area contributed by atoms with Crippen molar-refractivity contribution in [1.82, 2.24) is 14.5 Å². The molecule has 1 aliphatic rings. The van der Waals surface area contributed by atoms with Crippen LogP contribution in [-0.2, 0) is 16.6 Å². The highest BCUT2D eigenvalue weighted by molar-refractivity contribution is 7.89. The number of aromatic nitrogens is 2. The first-order valence-corrected chi connectivity index (χ1v) is 9.88. The van der Waals surface area contributed by atoms with Gasteiger partial charge in [-0.15, -0.1) is 0 Å². The molecule has 1 aliphatic heterocycles. The summed E-state index contributed by atoms with van der Waals surface area (Å²) in [5, 5.41) is 5.09. The molecule has 1 fully saturated rings. The molecule has 3 rings (SSSR count). The van der Waals surface area contributed by atoms with Gasteiger partial charge in [0, 0.05) is 43.5 Å². The SMILES string of the molecule is CCn1ccnc1[C@@H]1CCCN(C(=O)c2ccc(S(N)(=O)=O)cc2)C1. The van der Waals surface area contributed by atoms with Crippen molar-refractivity contribution < 1.29 is 13.2 Å². The number of sulfonamides is 1. The van der Waals surface area contributed by atoms with E-state index < -0.39 is 10.0 Å². The van der Waals surface area contributed by atoms with Crippen molar-refractivity contribution in [2.24, 2.45) is 5.14 Å². The zero-order chi connectivity index (χ0) is 18.0. The minimum atomic E-state index is -3.75. The number of benzene rings is 1. The average molecular weight is 362 g/mol. The lowest BCUT2D eigenvalue weighted by Gasteiger charge is -2.32. The Morgan fingerprint density at radius 3 is 2.68 bits per heavy atom. The molecule has 25 heavy (non-hydrogen) atoms. The van der Waals surface area contributed by atoms with Crippen LogP contribution in [0, 0.1) is 0 Å². The number of hydrogen-bond donors (Lipinski definition) is 1. The van der Waals surface area contributed by atoms with Crippen LogP contribution in [0.2, 0.25) is 0 Å². The molecule has 0 radical (unpaired) electrons. The van der Waals surface area contributed by atoms with E-state index in [-0.39, 0.29) is 16.7 Å². The number of amides is 1. The molecule has 0 spiro atoms. The Morgan fingerprint density at radius 2 is 2.04 bits per heavy atom. The van der Waals surface area contributed by atoms with Crippen molar-refractivity contribution in [2.45, 2.75) is 37.1 Å². The van der Waals surface area contributed by atoms with Crippen LogP contribution in [0.1, 0.15) is 41.9 Å². The second kappa shape index (κ2) is 6.97. The molecular weight excluding hydrogens is 340 g/mol. The van der Waals surface area contributed by atoms with Gasteiger partial charge in [-0.25, -0.2) is 18.5 Å². The second-order valence-corrected chi connectivity index (χ2v) is 7.79. The zero-order valence-corrected chi connectivity index (χ0v) is 14.9. The lowest BCUT2D eigenvalue weighted by atomic mass is 9.96. The van der Waals surface area contributed by atoms with Gasteiger partial charge in [0.2, 0.25) is 10.0 Å². The van der Waals surface area contributed by atoms with Gasteiger partial charge in [-0.2, -0.15) is 0 Å². The first-order chi connectivity index (χ1) is 11.9. The van der Waals surface area contributed by atoms with Gasteiger partial charge in [-0.3, -0.25) is 4.79 Å². The van der Waals surface area contributed by atoms with E-state index in [2.05, 4.69) is 16.5 Å². The standard InChI is InChI=1S/C17H22N4O3S/c1-2-20-11-9-19-16(20)14-4-3-10-21(12-14)17(22)13-5-7-15(8-6-13)25(18,23)24/h5-9,11,14H,2-4,10,12H2,1H3,(H2,18,23,24)/t14-/m1/s1. The van der Waals surface area contributed by atoms with Crippen LogP contribution in [0.15, 0.2) is 41.6 Å². The Labute approximate surface area is 147 Å². The maximum absolute atomic E-state index is 12.7. The molecule has 1 amide bonds. The monoisotopic (exact) mass is 362 g/mol. The summed E-state index contributed by atoms with van der Waals surface area (Å²) in [6.07, 6.45) is 5.68. The number of rotatable bonds is 4. The topological polar surface area (TPSA) is 98.3 Å². The predicted octanol–water partition coefficient (Wildman–Crippen LogP) is 1.57. The number of aryl methyl sites for hydroxylation is 1. The highest BCUT2D eigenvalue weighted by Gasteiger charge is 2.28. The Balaban J connectivity index is 1.76. The zero-order valence-electron chi connectivity index (χ0n) is 14.1. The first kappa shape index (κ1) is 17.6. The molecule has 1 aromatic carbocycles. The van der Waals surface area contributed by atoms with E-state index in [0.717, 1.165) is 25.2 Å². The number of nitrogens with two attached hydrogens (primary N) is 1. The molecule has 0 aliphatic carbocycles. The van der Waals surface area contributed by atoms with Crippen LogP contribution in [0.25, 0.3) is 0 Å². The third kappa shape index (κ3) is 3.74.